The van der Waals surface area contributed by atoms with Crippen molar-refractivity contribution in [3.63, 3.8) is 0 Å². The van der Waals surface area contributed by atoms with Crippen molar-refractivity contribution >= 4 is 38.9 Å². The second-order valence-electron chi connectivity index (χ2n) is 5.99. The third-order valence-corrected chi connectivity index (χ3v) is 5.17. The Kier molecular flexibility index (Phi) is 5.76. The van der Waals surface area contributed by atoms with Crippen LogP contribution in [0, 0.1) is 10.1 Å². The highest BCUT2D eigenvalue weighted by Crippen LogP contribution is 2.23. The molecular weight excluding hydrogens is 382 g/mol. The van der Waals surface area contributed by atoms with Crippen LogP contribution in [0.4, 0.5) is 5.69 Å². The van der Waals surface area contributed by atoms with Crippen LogP contribution in [0.25, 0.3) is 10.2 Å². The maximum Gasteiger partial charge on any atom is 0.279 e. The van der Waals surface area contributed by atoms with Crippen LogP contribution in [0.15, 0.2) is 47.5 Å². The molecule has 0 bridgehead atoms. The first-order valence-corrected chi connectivity index (χ1v) is 9.19. The van der Waals surface area contributed by atoms with Crippen molar-refractivity contribution in [2.75, 3.05) is 13.7 Å². The van der Waals surface area contributed by atoms with E-state index in [9.17, 15) is 19.7 Å². The zero-order valence-corrected chi connectivity index (χ0v) is 16.1. The van der Waals surface area contributed by atoms with Gasteiger partial charge in [-0.25, -0.2) is 0 Å². The molecule has 0 N–H and O–H groups in total. The minimum Gasteiger partial charge on any atom is -0.383 e. The zero-order chi connectivity index (χ0) is 20.3. The Morgan fingerprint density at radius 2 is 1.86 bits per heavy atom. The van der Waals surface area contributed by atoms with Crippen molar-refractivity contribution < 1.29 is 19.2 Å². The van der Waals surface area contributed by atoms with Crippen LogP contribution < -0.4 is 4.80 Å². The number of carbonyl (C=O) groups is 2. The molecule has 8 nitrogen and oxygen atoms in total. The van der Waals surface area contributed by atoms with Crippen molar-refractivity contribution in [3.05, 3.63) is 68.5 Å². The first kappa shape index (κ1) is 19.6. The average Bonchev–Trinajstić information content (AvgIpc) is 3.02. The molecule has 0 unspecified atom stereocenters. The van der Waals surface area contributed by atoms with Crippen LogP contribution in [0.2, 0.25) is 0 Å². The predicted molar refractivity (Wildman–Crippen MR) is 105 cm³/mol. The molecule has 144 valence electrons. The molecule has 0 atom stereocenters. The number of Topliss-reactive ketones (excluding diaryl/α,β-unsaturated/α-hetero) is 1. The second-order valence-corrected chi connectivity index (χ2v) is 7.00. The molecule has 3 aromatic rings. The summed E-state index contributed by atoms with van der Waals surface area (Å²) in [6, 6.07) is 10.8. The lowest BCUT2D eigenvalue weighted by molar-refractivity contribution is -0.384. The molecule has 3 rings (SSSR count). The Morgan fingerprint density at radius 3 is 2.46 bits per heavy atom. The summed E-state index contributed by atoms with van der Waals surface area (Å²) in [5, 5.41) is 11.0. The van der Waals surface area contributed by atoms with Gasteiger partial charge in [-0.05, 0) is 25.1 Å². The van der Waals surface area contributed by atoms with Gasteiger partial charge in [0.2, 0.25) is 0 Å². The number of fused-ring (bicyclic) bond motifs is 1. The number of methoxy groups -OCH3 is 1. The van der Waals surface area contributed by atoms with E-state index in [0.29, 0.717) is 33.8 Å². The number of benzene rings is 2. The third kappa shape index (κ3) is 4.05. The Balaban J connectivity index is 2.07. The summed E-state index contributed by atoms with van der Waals surface area (Å²) in [5.74, 6) is -0.540. The van der Waals surface area contributed by atoms with E-state index in [1.54, 1.807) is 42.0 Å². The molecule has 0 fully saturated rings. The topological polar surface area (TPSA) is 104 Å². The van der Waals surface area contributed by atoms with E-state index in [-0.39, 0.29) is 11.5 Å². The minimum atomic E-state index is -0.461. The first-order valence-electron chi connectivity index (χ1n) is 8.37. The molecule has 1 aromatic heterocycles. The van der Waals surface area contributed by atoms with Crippen molar-refractivity contribution in [2.24, 2.45) is 4.99 Å². The van der Waals surface area contributed by atoms with Gasteiger partial charge in [-0.2, -0.15) is 4.99 Å². The van der Waals surface area contributed by atoms with Gasteiger partial charge in [0, 0.05) is 36.9 Å². The SMILES string of the molecule is COCCn1c(=NC(=O)c2ccc(C(C)=O)cc2)sc2cc([N+](=O)[O-])ccc21. The predicted octanol–water partition coefficient (Wildman–Crippen LogP) is 3.20. The number of nitro groups is 1. The van der Waals surface area contributed by atoms with Gasteiger partial charge in [0.25, 0.3) is 11.6 Å². The van der Waals surface area contributed by atoms with Crippen molar-refractivity contribution in [1.29, 1.82) is 0 Å². The van der Waals surface area contributed by atoms with E-state index in [0.717, 1.165) is 5.52 Å². The molecule has 28 heavy (non-hydrogen) atoms. The number of rotatable bonds is 6. The van der Waals surface area contributed by atoms with Gasteiger partial charge in [-0.1, -0.05) is 23.5 Å². The van der Waals surface area contributed by atoms with Gasteiger partial charge in [0.1, 0.15) is 0 Å². The number of hydrogen-bond acceptors (Lipinski definition) is 6. The van der Waals surface area contributed by atoms with Gasteiger partial charge >= 0.3 is 0 Å². The number of non-ortho nitro benzene ring substituents is 1. The fraction of sp³-hybridized carbons (Fsp3) is 0.211. The fourth-order valence-electron chi connectivity index (χ4n) is 2.66. The van der Waals surface area contributed by atoms with E-state index in [1.807, 2.05) is 0 Å². The number of aromatic nitrogens is 1. The van der Waals surface area contributed by atoms with Crippen molar-refractivity contribution in [2.45, 2.75) is 13.5 Å². The number of carbonyl (C=O) groups excluding carboxylic acids is 2. The van der Waals surface area contributed by atoms with E-state index in [4.69, 9.17) is 4.74 Å². The van der Waals surface area contributed by atoms with Crippen molar-refractivity contribution in [3.8, 4) is 0 Å². The highest BCUT2D eigenvalue weighted by Gasteiger charge is 2.13. The Labute approximate surface area is 163 Å². The molecule has 1 heterocycles. The summed E-state index contributed by atoms with van der Waals surface area (Å²) < 4.78 is 7.58. The maximum absolute atomic E-state index is 12.6. The van der Waals surface area contributed by atoms with E-state index in [2.05, 4.69) is 4.99 Å². The largest absolute Gasteiger partial charge is 0.383 e. The summed E-state index contributed by atoms with van der Waals surface area (Å²) in [5.41, 5.74) is 1.59. The summed E-state index contributed by atoms with van der Waals surface area (Å²) in [7, 11) is 1.57. The molecule has 9 heteroatoms. The highest BCUT2D eigenvalue weighted by molar-refractivity contribution is 7.16. The number of nitrogens with zero attached hydrogens (tertiary/aromatic N) is 3. The molecule has 0 aliphatic carbocycles. The monoisotopic (exact) mass is 399 g/mol. The molecule has 0 aliphatic rings. The number of nitro benzene ring substituents is 1. The van der Waals surface area contributed by atoms with E-state index >= 15 is 0 Å². The average molecular weight is 399 g/mol. The maximum atomic E-state index is 12.6. The smallest absolute Gasteiger partial charge is 0.279 e. The van der Waals surface area contributed by atoms with Crippen LogP contribution in [-0.2, 0) is 11.3 Å². The molecule has 2 aromatic carbocycles. The third-order valence-electron chi connectivity index (χ3n) is 4.13. The van der Waals surface area contributed by atoms with Gasteiger partial charge in [0.15, 0.2) is 10.6 Å². The quantitative estimate of drug-likeness (QED) is 0.360. The molecule has 0 radical (unpaired) electrons. The molecule has 0 aliphatic heterocycles. The normalized spacial score (nSPS) is 11.7. The number of amides is 1. The lowest BCUT2D eigenvalue weighted by Crippen LogP contribution is -2.19. The summed E-state index contributed by atoms with van der Waals surface area (Å²) in [6.07, 6.45) is 0. The molecule has 0 spiro atoms. The van der Waals surface area contributed by atoms with Crippen LogP contribution >= 0.6 is 11.3 Å². The number of thiazole rings is 1. The second kappa shape index (κ2) is 8.24. The van der Waals surface area contributed by atoms with Gasteiger partial charge in [0.05, 0.1) is 21.7 Å². The number of ketones is 1. The lowest BCUT2D eigenvalue weighted by Gasteiger charge is -2.04. The molecule has 1 amide bonds. The van der Waals surface area contributed by atoms with Crippen LogP contribution in [0.1, 0.15) is 27.6 Å². The van der Waals surface area contributed by atoms with Crippen LogP contribution in [0.5, 0.6) is 0 Å². The number of hydrogen-bond donors (Lipinski definition) is 0. The Bertz CT molecular complexity index is 1130. The molecule has 0 saturated heterocycles. The van der Waals surface area contributed by atoms with E-state index < -0.39 is 10.8 Å². The summed E-state index contributed by atoms with van der Waals surface area (Å²) in [6.45, 7) is 2.30. The van der Waals surface area contributed by atoms with Gasteiger partial charge < -0.3 is 9.30 Å². The zero-order valence-electron chi connectivity index (χ0n) is 15.2. The standard InChI is InChI=1S/C19H17N3O5S/c1-12(23)13-3-5-14(6-4-13)18(24)20-19-21(9-10-27-2)16-8-7-15(22(25)26)11-17(16)28-19/h3-8,11H,9-10H2,1-2H3. The van der Waals surface area contributed by atoms with E-state index in [1.165, 1.54) is 30.4 Å². The summed E-state index contributed by atoms with van der Waals surface area (Å²) >= 11 is 1.20. The van der Waals surface area contributed by atoms with Crippen molar-refractivity contribution in [1.82, 2.24) is 4.57 Å². The lowest BCUT2D eigenvalue weighted by atomic mass is 10.1. The Morgan fingerprint density at radius 1 is 1.18 bits per heavy atom. The van der Waals surface area contributed by atoms with Crippen LogP contribution in [-0.4, -0.2) is 34.9 Å². The first-order chi connectivity index (χ1) is 13.4. The Hall–Kier alpha value is -3.17. The van der Waals surface area contributed by atoms with Crippen LogP contribution in [0.3, 0.4) is 0 Å². The summed E-state index contributed by atoms with van der Waals surface area (Å²) in [4.78, 5) is 39.1. The minimum absolute atomic E-state index is 0.0228. The van der Waals surface area contributed by atoms with Gasteiger partial charge in [-0.3, -0.25) is 19.7 Å². The molecule has 0 saturated carbocycles. The molecular formula is C19H17N3O5S. The fourth-order valence-corrected chi connectivity index (χ4v) is 3.75. The highest BCUT2D eigenvalue weighted by atomic mass is 32.1. The van der Waals surface area contributed by atoms with Gasteiger partial charge in [-0.15, -0.1) is 0 Å². The number of ether oxygens (including phenoxy) is 1.